The van der Waals surface area contributed by atoms with Crippen LogP contribution in [0.2, 0.25) is 0 Å². The van der Waals surface area contributed by atoms with Gasteiger partial charge in [-0.2, -0.15) is 0 Å². The number of hydrogen-bond donors (Lipinski definition) is 1. The van der Waals surface area contributed by atoms with Crippen molar-refractivity contribution in [1.29, 1.82) is 0 Å². The van der Waals surface area contributed by atoms with Crippen molar-refractivity contribution in [3.05, 3.63) is 11.5 Å². The summed E-state index contributed by atoms with van der Waals surface area (Å²) in [5.74, 6) is 0.628. The molecule has 0 bridgehead atoms. The number of carbonyl (C=O) groups excluding carboxylic acids is 1. The first-order chi connectivity index (χ1) is 8.08. The van der Waals surface area contributed by atoms with E-state index >= 15 is 0 Å². The van der Waals surface area contributed by atoms with Crippen LogP contribution in [0.15, 0.2) is 0 Å². The fourth-order valence-electron chi connectivity index (χ4n) is 2.21. The van der Waals surface area contributed by atoms with Crippen molar-refractivity contribution in [1.82, 2.24) is 9.55 Å². The number of carbonyl (C=O) groups is 1. The van der Waals surface area contributed by atoms with Gasteiger partial charge in [0, 0.05) is 13.2 Å². The average Bonchev–Trinajstić information content (AvgIpc) is 2.54. The topological polar surface area (TPSA) is 79.4 Å². The normalized spacial score (nSPS) is 23.2. The van der Waals surface area contributed by atoms with Gasteiger partial charge in [0.2, 0.25) is 0 Å². The van der Waals surface area contributed by atoms with Gasteiger partial charge in [-0.25, -0.2) is 9.78 Å². The van der Waals surface area contributed by atoms with Crippen LogP contribution in [0.5, 0.6) is 0 Å². The van der Waals surface area contributed by atoms with E-state index in [1.807, 2.05) is 11.5 Å². The van der Waals surface area contributed by atoms with Crippen molar-refractivity contribution in [2.24, 2.45) is 0 Å². The number of aromatic nitrogens is 2. The second kappa shape index (κ2) is 4.37. The van der Waals surface area contributed by atoms with Gasteiger partial charge >= 0.3 is 5.97 Å². The average molecular weight is 239 g/mol. The van der Waals surface area contributed by atoms with E-state index in [1.54, 1.807) is 7.11 Å². The summed E-state index contributed by atoms with van der Waals surface area (Å²) in [5, 5.41) is 0. The molecular weight excluding hydrogens is 222 g/mol. The number of imidazole rings is 1. The van der Waals surface area contributed by atoms with Crippen LogP contribution in [0.4, 0.5) is 5.82 Å². The Bertz CT molecular complexity index is 435. The Morgan fingerprint density at radius 3 is 2.65 bits per heavy atom. The van der Waals surface area contributed by atoms with Crippen LogP contribution in [-0.4, -0.2) is 35.8 Å². The molecule has 0 aromatic carbocycles. The SMILES string of the molecule is COC(=O)c1nc(C)n(C2CC(OC)C2)c1N. The second-order valence-electron chi connectivity index (χ2n) is 4.24. The molecular formula is C11H17N3O3. The summed E-state index contributed by atoms with van der Waals surface area (Å²) in [5.41, 5.74) is 6.14. The predicted molar refractivity (Wildman–Crippen MR) is 61.8 cm³/mol. The van der Waals surface area contributed by atoms with E-state index in [1.165, 1.54) is 7.11 Å². The number of ether oxygens (including phenoxy) is 2. The zero-order valence-electron chi connectivity index (χ0n) is 10.3. The number of hydrogen-bond acceptors (Lipinski definition) is 5. The van der Waals surface area contributed by atoms with Crippen molar-refractivity contribution in [2.75, 3.05) is 20.0 Å². The molecule has 2 N–H and O–H groups in total. The number of nitrogens with zero attached hydrogens (tertiary/aromatic N) is 2. The molecule has 1 saturated carbocycles. The number of nitrogen functional groups attached to an aromatic ring is 1. The zero-order chi connectivity index (χ0) is 12.6. The third kappa shape index (κ3) is 1.88. The van der Waals surface area contributed by atoms with Crippen LogP contribution in [-0.2, 0) is 9.47 Å². The molecule has 1 fully saturated rings. The highest BCUT2D eigenvalue weighted by molar-refractivity contribution is 5.92. The quantitative estimate of drug-likeness (QED) is 0.793. The van der Waals surface area contributed by atoms with Gasteiger partial charge in [-0.1, -0.05) is 0 Å². The summed E-state index contributed by atoms with van der Waals surface area (Å²) < 4.78 is 11.8. The van der Waals surface area contributed by atoms with Gasteiger partial charge in [0.15, 0.2) is 5.69 Å². The highest BCUT2D eigenvalue weighted by Crippen LogP contribution is 2.37. The molecule has 6 heteroatoms. The van der Waals surface area contributed by atoms with E-state index in [4.69, 9.17) is 10.5 Å². The molecule has 1 aromatic rings. The van der Waals surface area contributed by atoms with Gasteiger partial charge in [0.05, 0.1) is 13.2 Å². The lowest BCUT2D eigenvalue weighted by Crippen LogP contribution is -2.33. The fraction of sp³-hybridized carbons (Fsp3) is 0.636. The van der Waals surface area contributed by atoms with E-state index in [-0.39, 0.29) is 17.8 Å². The largest absolute Gasteiger partial charge is 0.464 e. The Morgan fingerprint density at radius 1 is 1.47 bits per heavy atom. The van der Waals surface area contributed by atoms with E-state index in [0.29, 0.717) is 5.82 Å². The molecule has 0 spiro atoms. The number of rotatable bonds is 3. The summed E-state index contributed by atoms with van der Waals surface area (Å²) in [6.07, 6.45) is 2.08. The third-order valence-electron chi connectivity index (χ3n) is 3.27. The first kappa shape index (κ1) is 11.9. The minimum Gasteiger partial charge on any atom is -0.464 e. The van der Waals surface area contributed by atoms with Crippen LogP contribution in [0.25, 0.3) is 0 Å². The number of aryl methyl sites for hydroxylation is 1. The van der Waals surface area contributed by atoms with Gasteiger partial charge in [0.25, 0.3) is 0 Å². The van der Waals surface area contributed by atoms with Gasteiger partial charge in [-0.05, 0) is 19.8 Å². The molecule has 2 rings (SSSR count). The first-order valence-electron chi connectivity index (χ1n) is 5.53. The maximum atomic E-state index is 11.4. The molecule has 0 atom stereocenters. The Hall–Kier alpha value is -1.56. The number of nitrogens with two attached hydrogens (primary N) is 1. The van der Waals surface area contributed by atoms with E-state index in [2.05, 4.69) is 9.72 Å². The summed E-state index contributed by atoms with van der Waals surface area (Å²) in [4.78, 5) is 15.6. The Balaban J connectivity index is 2.24. The summed E-state index contributed by atoms with van der Waals surface area (Å²) in [6, 6.07) is 0.269. The zero-order valence-corrected chi connectivity index (χ0v) is 10.3. The monoisotopic (exact) mass is 239 g/mol. The van der Waals surface area contributed by atoms with Crippen molar-refractivity contribution < 1.29 is 14.3 Å². The van der Waals surface area contributed by atoms with Crippen LogP contribution in [0.1, 0.15) is 35.2 Å². The second-order valence-corrected chi connectivity index (χ2v) is 4.24. The van der Waals surface area contributed by atoms with Gasteiger partial charge in [0.1, 0.15) is 11.6 Å². The molecule has 0 saturated heterocycles. The van der Waals surface area contributed by atoms with Crippen LogP contribution in [0.3, 0.4) is 0 Å². The lowest BCUT2D eigenvalue weighted by atomic mass is 9.89. The molecule has 1 aromatic heterocycles. The Labute approximate surface area is 99.7 Å². The molecule has 94 valence electrons. The lowest BCUT2D eigenvalue weighted by molar-refractivity contribution is 0.00623. The molecule has 6 nitrogen and oxygen atoms in total. The molecule has 1 aliphatic rings. The van der Waals surface area contributed by atoms with E-state index < -0.39 is 5.97 Å². The standard InChI is InChI=1S/C11H17N3O3/c1-6-13-9(11(15)17-3)10(12)14(6)7-4-8(5-7)16-2/h7-8H,4-5,12H2,1-3H3. The smallest absolute Gasteiger partial charge is 0.360 e. The minimum atomic E-state index is -0.494. The van der Waals surface area contributed by atoms with Gasteiger partial charge < -0.3 is 19.8 Å². The fourth-order valence-corrected chi connectivity index (χ4v) is 2.21. The third-order valence-corrected chi connectivity index (χ3v) is 3.27. The molecule has 1 aliphatic carbocycles. The molecule has 0 radical (unpaired) electrons. The van der Waals surface area contributed by atoms with Crippen LogP contribution >= 0.6 is 0 Å². The summed E-state index contributed by atoms with van der Waals surface area (Å²) >= 11 is 0. The lowest BCUT2D eigenvalue weighted by Gasteiger charge is -2.36. The molecule has 17 heavy (non-hydrogen) atoms. The minimum absolute atomic E-state index is 0.200. The predicted octanol–water partition coefficient (Wildman–Crippen LogP) is 0.910. The number of esters is 1. The number of anilines is 1. The molecule has 0 unspecified atom stereocenters. The molecule has 1 heterocycles. The van der Waals surface area contributed by atoms with E-state index in [9.17, 15) is 4.79 Å². The Kier molecular flexibility index (Phi) is 3.06. The molecule has 0 amide bonds. The van der Waals surface area contributed by atoms with Crippen molar-refractivity contribution in [3.8, 4) is 0 Å². The van der Waals surface area contributed by atoms with Gasteiger partial charge in [-0.15, -0.1) is 0 Å². The maximum absolute atomic E-state index is 11.4. The van der Waals surface area contributed by atoms with Crippen molar-refractivity contribution >= 4 is 11.8 Å². The van der Waals surface area contributed by atoms with Crippen LogP contribution < -0.4 is 5.73 Å². The van der Waals surface area contributed by atoms with Crippen LogP contribution in [0, 0.1) is 6.92 Å². The van der Waals surface area contributed by atoms with Crippen molar-refractivity contribution in [2.45, 2.75) is 31.9 Å². The maximum Gasteiger partial charge on any atom is 0.360 e. The highest BCUT2D eigenvalue weighted by atomic mass is 16.5. The number of methoxy groups -OCH3 is 2. The summed E-state index contributed by atoms with van der Waals surface area (Å²) in [7, 11) is 3.02. The molecule has 0 aliphatic heterocycles. The highest BCUT2D eigenvalue weighted by Gasteiger charge is 2.34. The van der Waals surface area contributed by atoms with E-state index in [0.717, 1.165) is 18.7 Å². The van der Waals surface area contributed by atoms with Crippen molar-refractivity contribution in [3.63, 3.8) is 0 Å². The summed E-state index contributed by atoms with van der Waals surface area (Å²) in [6.45, 7) is 1.84. The van der Waals surface area contributed by atoms with Gasteiger partial charge in [-0.3, -0.25) is 0 Å². The Morgan fingerprint density at radius 2 is 2.12 bits per heavy atom. The first-order valence-corrected chi connectivity index (χ1v) is 5.53.